The summed E-state index contributed by atoms with van der Waals surface area (Å²) in [6.07, 6.45) is 1.42. The van der Waals surface area contributed by atoms with Gasteiger partial charge >= 0.3 is 0 Å². The van der Waals surface area contributed by atoms with Gasteiger partial charge in [0.1, 0.15) is 4.21 Å². The topological polar surface area (TPSA) is 57.7 Å². The number of carbonyl (C=O) groups is 1. The number of rotatable bonds is 7. The average molecular weight is 467 g/mol. The van der Waals surface area contributed by atoms with E-state index in [9.17, 15) is 13.2 Å². The normalized spacial score (nSPS) is 18.0. The van der Waals surface area contributed by atoms with Gasteiger partial charge in [0.05, 0.1) is 19.0 Å². The third kappa shape index (κ3) is 4.80. The van der Waals surface area contributed by atoms with Gasteiger partial charge in [-0.1, -0.05) is 18.2 Å². The number of thiophene rings is 3. The molecule has 0 N–H and O–H groups in total. The van der Waals surface area contributed by atoms with Gasteiger partial charge in [0.25, 0.3) is 10.0 Å². The Morgan fingerprint density at radius 1 is 1.00 bits per heavy atom. The van der Waals surface area contributed by atoms with E-state index in [1.54, 1.807) is 40.2 Å². The van der Waals surface area contributed by atoms with Gasteiger partial charge in [-0.2, -0.15) is 4.31 Å². The molecule has 9 heteroatoms. The molecule has 4 rings (SSSR count). The van der Waals surface area contributed by atoms with Crippen molar-refractivity contribution >= 4 is 49.9 Å². The molecule has 5 nitrogen and oxygen atoms in total. The molecule has 1 aliphatic rings. The molecule has 0 aromatic carbocycles. The van der Waals surface area contributed by atoms with Gasteiger partial charge in [-0.05, 0) is 47.2 Å². The summed E-state index contributed by atoms with van der Waals surface area (Å²) < 4.78 is 27.7. The highest BCUT2D eigenvalue weighted by atomic mass is 32.2. The van der Waals surface area contributed by atoms with Gasteiger partial charge in [0.15, 0.2) is 0 Å². The van der Waals surface area contributed by atoms with Crippen molar-refractivity contribution in [3.8, 4) is 0 Å². The maximum atomic E-state index is 13.4. The Kier molecular flexibility index (Phi) is 6.50. The fourth-order valence-electron chi connectivity index (χ4n) is 3.55. The Hall–Kier alpha value is -1.52. The number of carbonyl (C=O) groups excluding carboxylic acids is 1. The zero-order valence-corrected chi connectivity index (χ0v) is 19.0. The van der Waals surface area contributed by atoms with Crippen LogP contribution < -0.4 is 0 Å². The second-order valence-corrected chi connectivity index (χ2v) is 12.2. The highest BCUT2D eigenvalue weighted by molar-refractivity contribution is 7.91. The Morgan fingerprint density at radius 3 is 2.17 bits per heavy atom. The average Bonchev–Trinajstić information content (AvgIpc) is 3.50. The molecule has 1 amide bonds. The summed E-state index contributed by atoms with van der Waals surface area (Å²) in [7, 11) is -3.53. The lowest BCUT2D eigenvalue weighted by Gasteiger charge is -2.34. The molecular weight excluding hydrogens is 444 g/mol. The number of piperidine rings is 1. The van der Waals surface area contributed by atoms with Crippen LogP contribution in [0.3, 0.4) is 0 Å². The largest absolute Gasteiger partial charge is 0.332 e. The Morgan fingerprint density at radius 2 is 1.62 bits per heavy atom. The fraction of sp³-hybridized carbons (Fsp3) is 0.350. The molecule has 154 valence electrons. The van der Waals surface area contributed by atoms with E-state index in [4.69, 9.17) is 0 Å². The first kappa shape index (κ1) is 20.7. The smallest absolute Gasteiger partial charge is 0.252 e. The summed E-state index contributed by atoms with van der Waals surface area (Å²) in [5.74, 6) is -0.267. The predicted octanol–water partition coefficient (Wildman–Crippen LogP) is 4.50. The predicted molar refractivity (Wildman–Crippen MR) is 119 cm³/mol. The molecule has 0 radical (unpaired) electrons. The zero-order chi connectivity index (χ0) is 20.3. The summed E-state index contributed by atoms with van der Waals surface area (Å²) in [5, 5.41) is 5.79. The molecule has 0 saturated carbocycles. The summed E-state index contributed by atoms with van der Waals surface area (Å²) in [5.41, 5.74) is 0. The van der Waals surface area contributed by atoms with Gasteiger partial charge < -0.3 is 4.90 Å². The molecule has 3 aromatic heterocycles. The van der Waals surface area contributed by atoms with Crippen LogP contribution in [0, 0.1) is 5.92 Å². The third-order valence-electron chi connectivity index (χ3n) is 4.99. The quantitative estimate of drug-likeness (QED) is 0.515. The van der Waals surface area contributed by atoms with Gasteiger partial charge in [-0.15, -0.1) is 34.0 Å². The molecule has 0 bridgehead atoms. The maximum absolute atomic E-state index is 13.4. The molecule has 0 aliphatic carbocycles. The second kappa shape index (κ2) is 9.09. The van der Waals surface area contributed by atoms with Crippen LogP contribution in [-0.2, 0) is 27.9 Å². The van der Waals surface area contributed by atoms with Crippen LogP contribution in [-0.4, -0.2) is 36.6 Å². The van der Waals surface area contributed by atoms with E-state index in [2.05, 4.69) is 0 Å². The van der Waals surface area contributed by atoms with Crippen molar-refractivity contribution in [2.24, 2.45) is 5.92 Å². The number of hydrogen-bond donors (Lipinski definition) is 0. The first-order valence-electron chi connectivity index (χ1n) is 9.41. The van der Waals surface area contributed by atoms with Crippen LogP contribution >= 0.6 is 34.0 Å². The number of amides is 1. The van der Waals surface area contributed by atoms with Gasteiger partial charge in [0, 0.05) is 22.8 Å². The van der Waals surface area contributed by atoms with E-state index < -0.39 is 10.0 Å². The second-order valence-electron chi connectivity index (χ2n) is 6.99. The van der Waals surface area contributed by atoms with Crippen molar-refractivity contribution < 1.29 is 13.2 Å². The minimum Gasteiger partial charge on any atom is -0.332 e. The van der Waals surface area contributed by atoms with Crippen LogP contribution in [0.1, 0.15) is 22.6 Å². The van der Waals surface area contributed by atoms with E-state index in [1.807, 2.05) is 39.9 Å². The number of sulfonamides is 1. The lowest BCUT2D eigenvalue weighted by molar-refractivity contribution is -0.137. The summed E-state index contributed by atoms with van der Waals surface area (Å²) in [6.45, 7) is 1.84. The maximum Gasteiger partial charge on any atom is 0.252 e. The van der Waals surface area contributed by atoms with Crippen LogP contribution in [0.2, 0.25) is 0 Å². The number of nitrogens with zero attached hydrogens (tertiary/aromatic N) is 2. The molecular formula is C20H22N2O3S4. The fourth-order valence-corrected chi connectivity index (χ4v) is 7.66. The standard InChI is InChI=1S/C20H22N2O3S4/c23-20(21(14-17-6-2-10-26-17)15-18-7-3-11-27-18)16-5-1-9-22(13-16)29(24,25)19-8-4-12-28-19/h2-4,6-8,10-12,16H,1,5,9,13-15H2. The minimum absolute atomic E-state index is 0.0397. The molecule has 1 saturated heterocycles. The van der Waals surface area contributed by atoms with Crippen molar-refractivity contribution in [1.29, 1.82) is 0 Å². The van der Waals surface area contributed by atoms with E-state index in [1.165, 1.54) is 15.6 Å². The summed E-state index contributed by atoms with van der Waals surface area (Å²) >= 11 is 4.49. The molecule has 1 aliphatic heterocycles. The zero-order valence-electron chi connectivity index (χ0n) is 15.8. The van der Waals surface area contributed by atoms with Crippen LogP contribution in [0.25, 0.3) is 0 Å². The van der Waals surface area contributed by atoms with Gasteiger partial charge in [-0.25, -0.2) is 8.42 Å². The Balaban J connectivity index is 1.51. The molecule has 1 fully saturated rings. The third-order valence-corrected chi connectivity index (χ3v) is 9.95. The van der Waals surface area contributed by atoms with Gasteiger partial charge in [-0.3, -0.25) is 4.79 Å². The molecule has 1 unspecified atom stereocenters. The van der Waals surface area contributed by atoms with Crippen molar-refractivity contribution in [2.75, 3.05) is 13.1 Å². The molecule has 1 atom stereocenters. The van der Waals surface area contributed by atoms with Crippen molar-refractivity contribution in [3.05, 3.63) is 62.3 Å². The number of hydrogen-bond acceptors (Lipinski definition) is 6. The Labute approximate surface area is 183 Å². The van der Waals surface area contributed by atoms with E-state index in [0.29, 0.717) is 30.3 Å². The van der Waals surface area contributed by atoms with Crippen molar-refractivity contribution in [2.45, 2.75) is 30.1 Å². The van der Waals surface area contributed by atoms with E-state index in [0.717, 1.165) is 16.2 Å². The minimum atomic E-state index is -3.53. The molecule has 3 aromatic rings. The van der Waals surface area contributed by atoms with Crippen molar-refractivity contribution in [3.63, 3.8) is 0 Å². The molecule has 4 heterocycles. The lowest BCUT2D eigenvalue weighted by Crippen LogP contribution is -2.46. The van der Waals surface area contributed by atoms with Crippen LogP contribution in [0.5, 0.6) is 0 Å². The summed E-state index contributed by atoms with van der Waals surface area (Å²) in [4.78, 5) is 17.6. The lowest BCUT2D eigenvalue weighted by atomic mass is 9.98. The first-order valence-corrected chi connectivity index (χ1v) is 13.5. The highest BCUT2D eigenvalue weighted by Crippen LogP contribution is 2.28. The van der Waals surface area contributed by atoms with Crippen LogP contribution in [0.4, 0.5) is 0 Å². The monoisotopic (exact) mass is 466 g/mol. The van der Waals surface area contributed by atoms with Crippen molar-refractivity contribution in [1.82, 2.24) is 9.21 Å². The Bertz CT molecular complexity index is 976. The first-order chi connectivity index (χ1) is 14.0. The molecule has 29 heavy (non-hydrogen) atoms. The van der Waals surface area contributed by atoms with E-state index in [-0.39, 0.29) is 18.4 Å². The van der Waals surface area contributed by atoms with Gasteiger partial charge in [0.2, 0.25) is 5.91 Å². The van der Waals surface area contributed by atoms with E-state index >= 15 is 0 Å². The highest BCUT2D eigenvalue weighted by Gasteiger charge is 2.35. The summed E-state index contributed by atoms with van der Waals surface area (Å²) in [6, 6.07) is 11.4. The SMILES string of the molecule is O=C(C1CCCN(S(=O)(=O)c2cccs2)C1)N(Cc1cccs1)Cc1cccs1. The molecule has 0 spiro atoms. The van der Waals surface area contributed by atoms with Crippen LogP contribution in [0.15, 0.2) is 56.7 Å².